The maximum absolute atomic E-state index is 12.0. The Balaban J connectivity index is 2.31. The molecule has 1 aliphatic heterocycles. The molecule has 1 amide bonds. The van der Waals surface area contributed by atoms with E-state index in [1.807, 2.05) is 36.1 Å². The number of halogens is 1. The standard InChI is InChI=1S/C13H15BrN2O3/c1-8-7-16(10-4-2-3-9(14)5-10)11(6-12(17)18)13(19)15-8/h2-5,8,11H,6-7H2,1H3,(H,15,19)(H,17,18). The smallest absolute Gasteiger partial charge is 0.305 e. The number of carboxylic acids is 1. The third-order valence-electron chi connectivity index (χ3n) is 3.05. The van der Waals surface area contributed by atoms with Crippen LogP contribution in [0.5, 0.6) is 0 Å². The third-order valence-corrected chi connectivity index (χ3v) is 3.54. The molecule has 1 aromatic carbocycles. The van der Waals surface area contributed by atoms with Gasteiger partial charge in [0.2, 0.25) is 5.91 Å². The summed E-state index contributed by atoms with van der Waals surface area (Å²) >= 11 is 3.39. The molecule has 1 heterocycles. The Morgan fingerprint density at radius 1 is 1.58 bits per heavy atom. The van der Waals surface area contributed by atoms with E-state index in [4.69, 9.17) is 5.11 Å². The molecular formula is C13H15BrN2O3. The van der Waals surface area contributed by atoms with Crippen molar-refractivity contribution >= 4 is 33.5 Å². The summed E-state index contributed by atoms with van der Waals surface area (Å²) in [5.74, 6) is -1.21. The Hall–Kier alpha value is -1.56. The van der Waals surface area contributed by atoms with Crippen LogP contribution in [-0.2, 0) is 9.59 Å². The molecule has 2 unspecified atom stereocenters. The van der Waals surface area contributed by atoms with Crippen molar-refractivity contribution in [1.29, 1.82) is 0 Å². The highest BCUT2D eigenvalue weighted by Gasteiger charge is 2.34. The van der Waals surface area contributed by atoms with Crippen LogP contribution >= 0.6 is 15.9 Å². The summed E-state index contributed by atoms with van der Waals surface area (Å²) in [4.78, 5) is 24.8. The van der Waals surface area contributed by atoms with Crippen molar-refractivity contribution in [3.63, 3.8) is 0 Å². The second-order valence-corrected chi connectivity index (χ2v) is 5.57. The number of carboxylic acid groups (broad SMARTS) is 1. The van der Waals surface area contributed by atoms with Crippen LogP contribution < -0.4 is 10.2 Å². The number of nitrogens with zero attached hydrogens (tertiary/aromatic N) is 1. The van der Waals surface area contributed by atoms with Crippen molar-refractivity contribution in [3.05, 3.63) is 28.7 Å². The lowest BCUT2D eigenvalue weighted by molar-refractivity contribution is -0.140. The van der Waals surface area contributed by atoms with Crippen molar-refractivity contribution in [3.8, 4) is 0 Å². The van der Waals surface area contributed by atoms with Crippen LogP contribution in [0.2, 0.25) is 0 Å². The van der Waals surface area contributed by atoms with Gasteiger partial charge in [-0.1, -0.05) is 22.0 Å². The molecule has 0 bridgehead atoms. The lowest BCUT2D eigenvalue weighted by atomic mass is 10.0. The van der Waals surface area contributed by atoms with Crippen LogP contribution in [0.1, 0.15) is 13.3 Å². The van der Waals surface area contributed by atoms with E-state index < -0.39 is 12.0 Å². The van der Waals surface area contributed by atoms with E-state index in [9.17, 15) is 9.59 Å². The zero-order valence-corrected chi connectivity index (χ0v) is 12.1. The molecule has 2 rings (SSSR count). The summed E-state index contributed by atoms with van der Waals surface area (Å²) in [7, 11) is 0. The molecule has 2 atom stereocenters. The highest BCUT2D eigenvalue weighted by Crippen LogP contribution is 2.25. The molecule has 6 heteroatoms. The molecule has 5 nitrogen and oxygen atoms in total. The average molecular weight is 327 g/mol. The van der Waals surface area contributed by atoms with E-state index in [1.165, 1.54) is 0 Å². The minimum atomic E-state index is -0.977. The number of anilines is 1. The molecular weight excluding hydrogens is 312 g/mol. The number of hydrogen-bond donors (Lipinski definition) is 2. The van der Waals surface area contributed by atoms with E-state index in [2.05, 4.69) is 21.2 Å². The van der Waals surface area contributed by atoms with Gasteiger partial charge in [0.15, 0.2) is 0 Å². The first-order valence-corrected chi connectivity index (χ1v) is 6.81. The number of hydrogen-bond acceptors (Lipinski definition) is 3. The normalized spacial score (nSPS) is 23.1. The predicted octanol–water partition coefficient (Wildman–Crippen LogP) is 1.62. The van der Waals surface area contributed by atoms with Crippen molar-refractivity contribution < 1.29 is 14.7 Å². The third kappa shape index (κ3) is 3.26. The second-order valence-electron chi connectivity index (χ2n) is 4.66. The summed E-state index contributed by atoms with van der Waals surface area (Å²) in [5, 5.41) is 11.7. The van der Waals surface area contributed by atoms with E-state index in [0.29, 0.717) is 6.54 Å². The first-order chi connectivity index (χ1) is 8.97. The predicted molar refractivity (Wildman–Crippen MR) is 75.1 cm³/mol. The minimum Gasteiger partial charge on any atom is -0.481 e. The molecule has 0 aromatic heterocycles. The van der Waals surface area contributed by atoms with Gasteiger partial charge in [0.05, 0.1) is 6.42 Å². The molecule has 1 aliphatic rings. The number of benzene rings is 1. The maximum Gasteiger partial charge on any atom is 0.305 e. The van der Waals surface area contributed by atoms with Crippen LogP contribution in [0.4, 0.5) is 5.69 Å². The summed E-state index contributed by atoms with van der Waals surface area (Å²) in [5.41, 5.74) is 0.849. The molecule has 102 valence electrons. The summed E-state index contributed by atoms with van der Waals surface area (Å²) in [6, 6.07) is 6.86. The number of rotatable bonds is 3. The van der Waals surface area contributed by atoms with Crippen molar-refractivity contribution in [2.75, 3.05) is 11.4 Å². The SMILES string of the molecule is CC1CN(c2cccc(Br)c2)C(CC(=O)O)C(=O)N1. The molecule has 1 fully saturated rings. The van der Waals surface area contributed by atoms with E-state index in [1.54, 1.807) is 0 Å². The molecule has 2 N–H and O–H groups in total. The average Bonchev–Trinajstić information content (AvgIpc) is 2.32. The highest BCUT2D eigenvalue weighted by atomic mass is 79.9. The molecule has 0 aliphatic carbocycles. The summed E-state index contributed by atoms with van der Waals surface area (Å²) in [6.07, 6.45) is -0.203. The highest BCUT2D eigenvalue weighted by molar-refractivity contribution is 9.10. The first kappa shape index (κ1) is 13.9. The van der Waals surface area contributed by atoms with Crippen LogP contribution in [0.25, 0.3) is 0 Å². The van der Waals surface area contributed by atoms with Crippen LogP contribution in [0.15, 0.2) is 28.7 Å². The topological polar surface area (TPSA) is 69.6 Å². The zero-order valence-electron chi connectivity index (χ0n) is 10.5. The lowest BCUT2D eigenvalue weighted by Gasteiger charge is -2.39. The van der Waals surface area contributed by atoms with Crippen LogP contribution in [-0.4, -0.2) is 35.6 Å². The van der Waals surface area contributed by atoms with Crippen molar-refractivity contribution in [2.45, 2.75) is 25.4 Å². The Morgan fingerprint density at radius 2 is 2.32 bits per heavy atom. The van der Waals surface area contributed by atoms with Gasteiger partial charge in [-0.2, -0.15) is 0 Å². The monoisotopic (exact) mass is 326 g/mol. The van der Waals surface area contributed by atoms with Gasteiger partial charge in [-0.3, -0.25) is 9.59 Å². The van der Waals surface area contributed by atoms with Gasteiger partial charge in [-0.25, -0.2) is 0 Å². The van der Waals surface area contributed by atoms with E-state index in [-0.39, 0.29) is 18.4 Å². The summed E-state index contributed by atoms with van der Waals surface area (Å²) < 4.78 is 0.901. The molecule has 0 radical (unpaired) electrons. The van der Waals surface area contributed by atoms with Crippen molar-refractivity contribution in [1.82, 2.24) is 5.32 Å². The molecule has 1 aromatic rings. The molecule has 0 spiro atoms. The number of aliphatic carboxylic acids is 1. The number of carbonyl (C=O) groups excluding carboxylic acids is 1. The fourth-order valence-electron chi connectivity index (χ4n) is 2.26. The van der Waals surface area contributed by atoms with Gasteiger partial charge in [0, 0.05) is 22.7 Å². The largest absolute Gasteiger partial charge is 0.481 e. The van der Waals surface area contributed by atoms with Crippen molar-refractivity contribution in [2.24, 2.45) is 0 Å². The Morgan fingerprint density at radius 3 is 2.95 bits per heavy atom. The number of piperazine rings is 1. The minimum absolute atomic E-state index is 0.00322. The van der Waals surface area contributed by atoms with Gasteiger partial charge in [-0.05, 0) is 25.1 Å². The van der Waals surface area contributed by atoms with Gasteiger partial charge in [-0.15, -0.1) is 0 Å². The van der Waals surface area contributed by atoms with E-state index >= 15 is 0 Å². The lowest BCUT2D eigenvalue weighted by Crippen LogP contribution is -2.60. The Bertz CT molecular complexity index is 506. The zero-order chi connectivity index (χ0) is 14.0. The fraction of sp³-hybridized carbons (Fsp3) is 0.385. The first-order valence-electron chi connectivity index (χ1n) is 6.01. The maximum atomic E-state index is 12.0. The van der Waals surface area contributed by atoms with Gasteiger partial charge in [0.1, 0.15) is 6.04 Å². The van der Waals surface area contributed by atoms with Gasteiger partial charge >= 0.3 is 5.97 Å². The Kier molecular flexibility index (Phi) is 4.09. The number of nitrogens with one attached hydrogen (secondary N) is 1. The molecule has 0 saturated carbocycles. The quantitative estimate of drug-likeness (QED) is 0.885. The molecule has 19 heavy (non-hydrogen) atoms. The van der Waals surface area contributed by atoms with E-state index in [0.717, 1.165) is 10.2 Å². The van der Waals surface area contributed by atoms with Crippen LogP contribution in [0.3, 0.4) is 0 Å². The number of carbonyl (C=O) groups is 2. The van der Waals surface area contributed by atoms with Crippen LogP contribution in [0, 0.1) is 0 Å². The second kappa shape index (κ2) is 5.61. The van der Waals surface area contributed by atoms with Gasteiger partial charge < -0.3 is 15.3 Å². The molecule has 1 saturated heterocycles. The Labute approximate surface area is 119 Å². The fourth-order valence-corrected chi connectivity index (χ4v) is 2.64. The number of amides is 1. The van der Waals surface area contributed by atoms with Gasteiger partial charge in [0.25, 0.3) is 0 Å². The summed E-state index contributed by atoms with van der Waals surface area (Å²) in [6.45, 7) is 2.50.